The van der Waals surface area contributed by atoms with E-state index in [1.54, 1.807) is 24.5 Å². The fourth-order valence-electron chi connectivity index (χ4n) is 3.37. The highest BCUT2D eigenvalue weighted by Crippen LogP contribution is 2.34. The van der Waals surface area contributed by atoms with Crippen LogP contribution in [-0.2, 0) is 12.0 Å². The number of anilines is 1. The van der Waals surface area contributed by atoms with Crippen molar-refractivity contribution in [2.24, 2.45) is 16.6 Å². The Morgan fingerprint density at radius 3 is 2.45 bits per heavy atom. The molecule has 0 aliphatic heterocycles. The fourth-order valence-corrected chi connectivity index (χ4v) is 3.37. The minimum atomic E-state index is -0.647. The number of aliphatic hydroxyl groups is 1. The highest BCUT2D eigenvalue weighted by Gasteiger charge is 2.35. The van der Waals surface area contributed by atoms with Crippen LogP contribution in [0.4, 0.5) is 5.82 Å². The molecule has 0 fully saturated rings. The van der Waals surface area contributed by atoms with Crippen molar-refractivity contribution in [3.05, 3.63) is 77.7 Å². The number of nitrogens with two attached hydrogens (primary N) is 2. The van der Waals surface area contributed by atoms with Crippen molar-refractivity contribution in [1.29, 1.82) is 0 Å². The summed E-state index contributed by atoms with van der Waals surface area (Å²) in [5.74, 6) is 0.236. The van der Waals surface area contributed by atoms with Gasteiger partial charge in [0.2, 0.25) is 0 Å². The number of rotatable bonds is 6. The van der Waals surface area contributed by atoms with Gasteiger partial charge in [-0.3, -0.25) is 9.78 Å². The number of amidine groups is 1. The number of nitrogen functional groups attached to an aromatic ring is 1. The molecule has 7 heteroatoms. The highest BCUT2D eigenvalue weighted by atomic mass is 16.3. The van der Waals surface area contributed by atoms with Crippen molar-refractivity contribution in [3.8, 4) is 11.1 Å². The third-order valence-electron chi connectivity index (χ3n) is 5.81. The monoisotopic (exact) mass is 417 g/mol. The zero-order valence-corrected chi connectivity index (χ0v) is 17.9. The lowest BCUT2D eigenvalue weighted by Gasteiger charge is -2.34. The van der Waals surface area contributed by atoms with Crippen LogP contribution < -0.4 is 11.5 Å². The van der Waals surface area contributed by atoms with Gasteiger partial charge in [-0.2, -0.15) is 4.99 Å². The van der Waals surface area contributed by atoms with E-state index in [-0.39, 0.29) is 18.4 Å². The van der Waals surface area contributed by atoms with Crippen molar-refractivity contribution in [2.75, 3.05) is 5.73 Å². The van der Waals surface area contributed by atoms with E-state index < -0.39 is 11.3 Å². The summed E-state index contributed by atoms with van der Waals surface area (Å²) < 4.78 is 0. The molecule has 1 atom stereocenters. The molecule has 0 saturated heterocycles. The zero-order chi connectivity index (χ0) is 22.6. The van der Waals surface area contributed by atoms with E-state index >= 15 is 0 Å². The molecule has 160 valence electrons. The van der Waals surface area contributed by atoms with Gasteiger partial charge < -0.3 is 16.6 Å². The van der Waals surface area contributed by atoms with Crippen LogP contribution in [-0.4, -0.2) is 26.8 Å². The Kier molecular flexibility index (Phi) is 6.46. The predicted octanol–water partition coefficient (Wildman–Crippen LogP) is 3.33. The number of hydrogen-bond acceptors (Lipinski definition) is 5. The average Bonchev–Trinajstić information content (AvgIpc) is 2.79. The number of amides is 1. The largest absolute Gasteiger partial charge is 0.392 e. The maximum absolute atomic E-state index is 12.5. The lowest BCUT2D eigenvalue weighted by Crippen LogP contribution is -2.43. The molecule has 0 bridgehead atoms. The van der Waals surface area contributed by atoms with Crippen LogP contribution >= 0.6 is 0 Å². The van der Waals surface area contributed by atoms with E-state index in [0.717, 1.165) is 16.7 Å². The first-order valence-electron chi connectivity index (χ1n) is 10.0. The second kappa shape index (κ2) is 9.06. The first-order valence-corrected chi connectivity index (χ1v) is 10.0. The first-order chi connectivity index (χ1) is 14.8. The summed E-state index contributed by atoms with van der Waals surface area (Å²) in [6, 6.07) is 13.0. The van der Waals surface area contributed by atoms with E-state index in [2.05, 4.69) is 15.0 Å². The number of aliphatic hydroxyl groups excluding tert-OH is 1. The zero-order valence-electron chi connectivity index (χ0n) is 17.9. The SMILES string of the molecule is CC(C)C(C)(C(N)=NC(=O)c1cccnc1)c1ccc(-c2cnc(N)c(CO)c2)cc1. The number of benzene rings is 1. The van der Waals surface area contributed by atoms with Gasteiger partial charge in [0.05, 0.1) is 17.6 Å². The van der Waals surface area contributed by atoms with Gasteiger partial charge in [-0.05, 0) is 42.2 Å². The summed E-state index contributed by atoms with van der Waals surface area (Å²) in [5.41, 5.74) is 15.2. The molecule has 0 spiro atoms. The third-order valence-corrected chi connectivity index (χ3v) is 5.81. The van der Waals surface area contributed by atoms with Crippen molar-refractivity contribution in [1.82, 2.24) is 9.97 Å². The van der Waals surface area contributed by atoms with Gasteiger partial charge in [0.15, 0.2) is 0 Å². The summed E-state index contributed by atoms with van der Waals surface area (Å²) in [4.78, 5) is 24.8. The molecule has 0 aliphatic rings. The number of pyridine rings is 2. The Morgan fingerprint density at radius 2 is 1.87 bits per heavy atom. The summed E-state index contributed by atoms with van der Waals surface area (Å²) in [5, 5.41) is 9.44. The average molecular weight is 418 g/mol. The van der Waals surface area contributed by atoms with Gasteiger partial charge >= 0.3 is 0 Å². The Labute approximate surface area is 181 Å². The second-order valence-electron chi connectivity index (χ2n) is 7.90. The molecule has 0 saturated carbocycles. The smallest absolute Gasteiger partial charge is 0.280 e. The number of aliphatic imine (C=N–C) groups is 1. The second-order valence-corrected chi connectivity index (χ2v) is 7.90. The topological polar surface area (TPSA) is 127 Å². The van der Waals surface area contributed by atoms with Gasteiger partial charge in [-0.1, -0.05) is 38.1 Å². The van der Waals surface area contributed by atoms with Crippen molar-refractivity contribution < 1.29 is 9.90 Å². The maximum Gasteiger partial charge on any atom is 0.280 e. The molecule has 31 heavy (non-hydrogen) atoms. The van der Waals surface area contributed by atoms with E-state index in [0.29, 0.717) is 16.9 Å². The van der Waals surface area contributed by atoms with Crippen LogP contribution in [0, 0.1) is 5.92 Å². The quantitative estimate of drug-likeness (QED) is 0.417. The molecular weight excluding hydrogens is 390 g/mol. The number of aromatic nitrogens is 2. The summed E-state index contributed by atoms with van der Waals surface area (Å²) in [6.45, 7) is 5.90. The predicted molar refractivity (Wildman–Crippen MR) is 122 cm³/mol. The minimum absolute atomic E-state index is 0.0861. The lowest BCUT2D eigenvalue weighted by molar-refractivity contribution is 0.100. The number of hydrogen-bond donors (Lipinski definition) is 3. The first kappa shape index (κ1) is 22.1. The maximum atomic E-state index is 12.5. The van der Waals surface area contributed by atoms with Crippen molar-refractivity contribution in [3.63, 3.8) is 0 Å². The lowest BCUT2D eigenvalue weighted by atomic mass is 9.72. The fraction of sp³-hybridized carbons (Fsp3) is 0.250. The van der Waals surface area contributed by atoms with E-state index in [9.17, 15) is 9.90 Å². The molecule has 5 N–H and O–H groups in total. The van der Waals surface area contributed by atoms with Crippen LogP contribution in [0.1, 0.15) is 42.3 Å². The summed E-state index contributed by atoms with van der Waals surface area (Å²) in [7, 11) is 0. The van der Waals surface area contributed by atoms with E-state index in [1.807, 2.05) is 51.1 Å². The highest BCUT2D eigenvalue weighted by molar-refractivity contribution is 6.05. The Balaban J connectivity index is 1.95. The molecule has 0 aliphatic carbocycles. The molecule has 3 aromatic rings. The van der Waals surface area contributed by atoms with Crippen molar-refractivity contribution in [2.45, 2.75) is 32.8 Å². The van der Waals surface area contributed by atoms with Gasteiger partial charge in [0.25, 0.3) is 5.91 Å². The number of carbonyl (C=O) groups excluding carboxylic acids is 1. The molecule has 7 nitrogen and oxygen atoms in total. The van der Waals surface area contributed by atoms with Crippen molar-refractivity contribution >= 4 is 17.6 Å². The van der Waals surface area contributed by atoms with E-state index in [1.165, 1.54) is 6.20 Å². The minimum Gasteiger partial charge on any atom is -0.392 e. The van der Waals surface area contributed by atoms with Gasteiger partial charge in [0, 0.05) is 29.7 Å². The third kappa shape index (κ3) is 4.46. The number of carbonyl (C=O) groups is 1. The molecular formula is C24H27N5O2. The van der Waals surface area contributed by atoms with E-state index in [4.69, 9.17) is 11.5 Å². The molecule has 2 heterocycles. The standard InChI is InChI=1S/C24H27N5O2/c1-15(2)24(3,23(26)29-22(31)17-5-4-10-27-12-17)20-8-6-16(7-9-20)18-11-19(14-30)21(25)28-13-18/h4-13,15,30H,14H2,1-3H3,(H2,25,28)(H2,26,29,31). The van der Waals surface area contributed by atoms with Crippen LogP contribution in [0.3, 0.4) is 0 Å². The van der Waals surface area contributed by atoms with Gasteiger partial charge in [-0.25, -0.2) is 4.98 Å². The van der Waals surface area contributed by atoms with Crippen LogP contribution in [0.2, 0.25) is 0 Å². The van der Waals surface area contributed by atoms with Crippen LogP contribution in [0.25, 0.3) is 11.1 Å². The molecule has 1 aromatic carbocycles. The van der Waals surface area contributed by atoms with Gasteiger partial charge in [0.1, 0.15) is 11.7 Å². The van der Waals surface area contributed by atoms with Crippen LogP contribution in [0.5, 0.6) is 0 Å². The normalized spacial score (nSPS) is 13.8. The summed E-state index contributed by atoms with van der Waals surface area (Å²) in [6.07, 6.45) is 4.75. The number of nitrogens with zero attached hydrogens (tertiary/aromatic N) is 3. The Bertz CT molecular complexity index is 1090. The molecule has 1 amide bonds. The molecule has 2 aromatic heterocycles. The van der Waals surface area contributed by atoms with Crippen LogP contribution in [0.15, 0.2) is 66.0 Å². The molecule has 3 rings (SSSR count). The van der Waals surface area contributed by atoms with Gasteiger partial charge in [-0.15, -0.1) is 0 Å². The summed E-state index contributed by atoms with van der Waals surface area (Å²) >= 11 is 0. The molecule has 0 radical (unpaired) electrons. The Morgan fingerprint density at radius 1 is 1.16 bits per heavy atom. The Hall–Kier alpha value is -3.58. The molecule has 1 unspecified atom stereocenters.